The summed E-state index contributed by atoms with van der Waals surface area (Å²) < 4.78 is 28.8. The normalized spacial score (nSPS) is 10.7. The lowest BCUT2D eigenvalue weighted by Crippen LogP contribution is -1.97. The second kappa shape index (κ2) is 5.64. The van der Waals surface area contributed by atoms with Gasteiger partial charge in [-0.2, -0.15) is 10.2 Å². The SMILES string of the molecule is Cc1ccc(-c2ccc(-c3ccc(C)nn3)c(F)c2F)cc1. The molecule has 0 saturated heterocycles. The molecule has 2 aromatic carbocycles. The van der Waals surface area contributed by atoms with Gasteiger partial charge in [0.1, 0.15) is 0 Å². The first-order valence-corrected chi connectivity index (χ1v) is 6.92. The summed E-state index contributed by atoms with van der Waals surface area (Å²) in [5.41, 5.74) is 3.10. The molecule has 2 nitrogen and oxygen atoms in total. The Hall–Kier alpha value is -2.62. The molecular weight excluding hydrogens is 282 g/mol. The predicted molar refractivity (Wildman–Crippen MR) is 82.3 cm³/mol. The molecule has 3 aromatic rings. The van der Waals surface area contributed by atoms with Crippen LogP contribution >= 0.6 is 0 Å². The van der Waals surface area contributed by atoms with Crippen molar-refractivity contribution in [2.24, 2.45) is 0 Å². The summed E-state index contributed by atoms with van der Waals surface area (Å²) >= 11 is 0. The zero-order valence-electron chi connectivity index (χ0n) is 12.3. The van der Waals surface area contributed by atoms with E-state index in [1.54, 1.807) is 37.3 Å². The molecule has 0 N–H and O–H groups in total. The van der Waals surface area contributed by atoms with Crippen LogP contribution in [0, 0.1) is 25.5 Å². The number of aromatic nitrogens is 2. The zero-order valence-corrected chi connectivity index (χ0v) is 12.3. The molecule has 0 amide bonds. The quantitative estimate of drug-likeness (QED) is 0.684. The van der Waals surface area contributed by atoms with Gasteiger partial charge in [-0.25, -0.2) is 8.78 Å². The Morgan fingerprint density at radius 3 is 1.95 bits per heavy atom. The predicted octanol–water partition coefficient (Wildman–Crippen LogP) is 4.71. The van der Waals surface area contributed by atoms with Crippen LogP contribution in [0.3, 0.4) is 0 Å². The molecule has 0 aliphatic heterocycles. The van der Waals surface area contributed by atoms with Crippen LogP contribution in [0.15, 0.2) is 48.5 Å². The minimum atomic E-state index is -0.906. The molecule has 4 heteroatoms. The van der Waals surface area contributed by atoms with Crippen LogP contribution < -0.4 is 0 Å². The summed E-state index contributed by atoms with van der Waals surface area (Å²) in [5, 5.41) is 7.79. The van der Waals surface area contributed by atoms with Crippen molar-refractivity contribution in [3.63, 3.8) is 0 Å². The van der Waals surface area contributed by atoms with E-state index < -0.39 is 11.6 Å². The number of hydrogen-bond acceptors (Lipinski definition) is 2. The van der Waals surface area contributed by atoms with Gasteiger partial charge in [0.25, 0.3) is 0 Å². The first kappa shape index (κ1) is 14.3. The van der Waals surface area contributed by atoms with Gasteiger partial charge in [-0.1, -0.05) is 35.9 Å². The van der Waals surface area contributed by atoms with Crippen LogP contribution in [0.2, 0.25) is 0 Å². The van der Waals surface area contributed by atoms with Crippen LogP contribution in [0.4, 0.5) is 8.78 Å². The lowest BCUT2D eigenvalue weighted by Gasteiger charge is -2.08. The molecule has 0 aliphatic rings. The van der Waals surface area contributed by atoms with Crippen molar-refractivity contribution in [2.45, 2.75) is 13.8 Å². The van der Waals surface area contributed by atoms with E-state index in [0.29, 0.717) is 11.3 Å². The summed E-state index contributed by atoms with van der Waals surface area (Å²) in [6.45, 7) is 3.73. The van der Waals surface area contributed by atoms with E-state index in [0.717, 1.165) is 11.3 Å². The third kappa shape index (κ3) is 2.60. The second-order valence-corrected chi connectivity index (χ2v) is 5.21. The van der Waals surface area contributed by atoms with Crippen molar-refractivity contribution in [3.05, 3.63) is 71.4 Å². The van der Waals surface area contributed by atoms with E-state index in [1.807, 2.05) is 19.1 Å². The van der Waals surface area contributed by atoms with Crippen molar-refractivity contribution >= 4 is 0 Å². The standard InChI is InChI=1S/C18H14F2N2/c1-11-3-6-13(7-4-11)14-8-9-15(18(20)17(14)19)16-10-5-12(2)21-22-16/h3-10H,1-2H3. The lowest BCUT2D eigenvalue weighted by atomic mass is 10.0. The topological polar surface area (TPSA) is 25.8 Å². The molecule has 0 fully saturated rings. The molecule has 0 spiro atoms. The number of hydrogen-bond donors (Lipinski definition) is 0. The fraction of sp³-hybridized carbons (Fsp3) is 0.111. The van der Waals surface area contributed by atoms with Crippen LogP contribution in [-0.2, 0) is 0 Å². The van der Waals surface area contributed by atoms with Crippen molar-refractivity contribution in [1.82, 2.24) is 10.2 Å². The highest BCUT2D eigenvalue weighted by Gasteiger charge is 2.16. The number of aryl methyl sites for hydroxylation is 2. The Morgan fingerprint density at radius 2 is 1.32 bits per heavy atom. The summed E-state index contributed by atoms with van der Waals surface area (Å²) in [6, 6.07) is 13.7. The minimum Gasteiger partial charge on any atom is -0.203 e. The van der Waals surface area contributed by atoms with E-state index in [4.69, 9.17) is 0 Å². The average molecular weight is 296 g/mol. The van der Waals surface area contributed by atoms with Gasteiger partial charge in [0, 0.05) is 11.1 Å². The van der Waals surface area contributed by atoms with E-state index in [-0.39, 0.29) is 11.1 Å². The van der Waals surface area contributed by atoms with Crippen LogP contribution in [0.25, 0.3) is 22.4 Å². The van der Waals surface area contributed by atoms with Crippen LogP contribution in [0.5, 0.6) is 0 Å². The number of halogens is 2. The Labute approximate surface area is 127 Å². The van der Waals surface area contributed by atoms with Crippen molar-refractivity contribution < 1.29 is 8.78 Å². The molecule has 1 heterocycles. The van der Waals surface area contributed by atoms with Gasteiger partial charge in [-0.3, -0.25) is 0 Å². The highest BCUT2D eigenvalue weighted by atomic mass is 19.2. The molecule has 0 bridgehead atoms. The number of rotatable bonds is 2. The summed E-state index contributed by atoms with van der Waals surface area (Å²) in [7, 11) is 0. The minimum absolute atomic E-state index is 0.112. The molecule has 0 saturated carbocycles. The maximum Gasteiger partial charge on any atom is 0.168 e. The Morgan fingerprint density at radius 1 is 0.682 bits per heavy atom. The summed E-state index contributed by atoms with van der Waals surface area (Å²) in [5.74, 6) is -1.78. The van der Waals surface area contributed by atoms with E-state index in [9.17, 15) is 8.78 Å². The fourth-order valence-corrected chi connectivity index (χ4v) is 2.25. The second-order valence-electron chi connectivity index (χ2n) is 5.21. The number of nitrogens with zero attached hydrogens (tertiary/aromatic N) is 2. The van der Waals surface area contributed by atoms with Crippen LogP contribution in [0.1, 0.15) is 11.3 Å². The van der Waals surface area contributed by atoms with Crippen molar-refractivity contribution in [3.8, 4) is 22.4 Å². The van der Waals surface area contributed by atoms with Gasteiger partial charge in [-0.05, 0) is 37.6 Å². The monoisotopic (exact) mass is 296 g/mol. The average Bonchev–Trinajstić information content (AvgIpc) is 2.52. The Balaban J connectivity index is 2.08. The molecule has 3 rings (SSSR count). The highest BCUT2D eigenvalue weighted by Crippen LogP contribution is 2.30. The van der Waals surface area contributed by atoms with Gasteiger partial charge in [-0.15, -0.1) is 0 Å². The van der Waals surface area contributed by atoms with Crippen molar-refractivity contribution in [1.29, 1.82) is 0 Å². The molecule has 110 valence electrons. The summed E-state index contributed by atoms with van der Waals surface area (Å²) in [4.78, 5) is 0. The molecule has 0 atom stereocenters. The maximum absolute atomic E-state index is 14.4. The lowest BCUT2D eigenvalue weighted by molar-refractivity contribution is 0.513. The third-order valence-electron chi connectivity index (χ3n) is 3.52. The van der Waals surface area contributed by atoms with Gasteiger partial charge in [0.2, 0.25) is 0 Å². The zero-order chi connectivity index (χ0) is 15.7. The van der Waals surface area contributed by atoms with Gasteiger partial charge in [0.15, 0.2) is 11.6 Å². The summed E-state index contributed by atoms with van der Waals surface area (Å²) in [6.07, 6.45) is 0. The highest BCUT2D eigenvalue weighted by molar-refractivity contribution is 5.70. The van der Waals surface area contributed by atoms with E-state index >= 15 is 0 Å². The van der Waals surface area contributed by atoms with Gasteiger partial charge in [0.05, 0.1) is 11.4 Å². The largest absolute Gasteiger partial charge is 0.203 e. The third-order valence-corrected chi connectivity index (χ3v) is 3.52. The molecule has 22 heavy (non-hydrogen) atoms. The maximum atomic E-state index is 14.4. The first-order valence-electron chi connectivity index (χ1n) is 6.92. The Bertz CT molecular complexity index is 739. The fourth-order valence-electron chi connectivity index (χ4n) is 2.25. The molecule has 0 aliphatic carbocycles. The van der Waals surface area contributed by atoms with E-state index in [2.05, 4.69) is 10.2 Å². The van der Waals surface area contributed by atoms with Gasteiger partial charge >= 0.3 is 0 Å². The first-order chi connectivity index (χ1) is 10.6. The number of benzene rings is 2. The molecular formula is C18H14F2N2. The molecule has 1 aromatic heterocycles. The smallest absolute Gasteiger partial charge is 0.168 e. The van der Waals surface area contributed by atoms with Crippen LogP contribution in [-0.4, -0.2) is 10.2 Å². The molecule has 0 unspecified atom stereocenters. The molecule has 0 radical (unpaired) electrons. The van der Waals surface area contributed by atoms with E-state index in [1.165, 1.54) is 6.07 Å². The van der Waals surface area contributed by atoms with Gasteiger partial charge < -0.3 is 0 Å². The Kier molecular flexibility index (Phi) is 3.67. The van der Waals surface area contributed by atoms with Crippen molar-refractivity contribution in [2.75, 3.05) is 0 Å².